The topological polar surface area (TPSA) is 48.3 Å². The molecule has 1 aliphatic rings. The number of esters is 1. The third-order valence-electron chi connectivity index (χ3n) is 4.32. The number of hydrogen-bond donors (Lipinski definition) is 0. The van der Waals surface area contributed by atoms with Gasteiger partial charge in [0, 0.05) is 17.8 Å². The van der Waals surface area contributed by atoms with Crippen molar-refractivity contribution in [3.05, 3.63) is 59.2 Å². The number of benzene rings is 1. The summed E-state index contributed by atoms with van der Waals surface area (Å²) in [5, 5.41) is 0. The van der Waals surface area contributed by atoms with Crippen molar-refractivity contribution >= 4 is 11.8 Å². The monoisotopic (exact) mass is 315 g/mol. The number of carbonyl (C=O) groups is 2. The smallest absolute Gasteiger partial charge is 0.314 e. The number of fused-ring (bicyclic) bond motifs is 1. The standard InChI is InChI=1S/C18H18FNO3/c1-23-18(22)14-4-2-3-11-20-15(14)9-10-16(20)17(21)12-5-7-13(19)8-6-12/h5-10,14H,2-4,11H2,1H3. The number of nitrogens with zero attached hydrogens (tertiary/aromatic N) is 1. The lowest BCUT2D eigenvalue weighted by Crippen LogP contribution is -2.18. The molecule has 1 atom stereocenters. The second kappa shape index (κ2) is 6.36. The van der Waals surface area contributed by atoms with Crippen molar-refractivity contribution in [3.63, 3.8) is 0 Å². The van der Waals surface area contributed by atoms with Crippen molar-refractivity contribution in [1.82, 2.24) is 4.57 Å². The Hall–Kier alpha value is -2.43. The summed E-state index contributed by atoms with van der Waals surface area (Å²) in [6, 6.07) is 9.07. The first-order valence-electron chi connectivity index (χ1n) is 7.69. The number of halogens is 1. The third kappa shape index (κ3) is 2.91. The average Bonchev–Trinajstić information content (AvgIpc) is 2.86. The first-order chi connectivity index (χ1) is 11.1. The third-order valence-corrected chi connectivity index (χ3v) is 4.32. The van der Waals surface area contributed by atoms with Crippen LogP contribution >= 0.6 is 0 Å². The van der Waals surface area contributed by atoms with Gasteiger partial charge in [-0.1, -0.05) is 6.42 Å². The minimum Gasteiger partial charge on any atom is -0.469 e. The van der Waals surface area contributed by atoms with Crippen molar-refractivity contribution in [1.29, 1.82) is 0 Å². The summed E-state index contributed by atoms with van der Waals surface area (Å²) in [6.45, 7) is 0.693. The van der Waals surface area contributed by atoms with Gasteiger partial charge in [0.05, 0.1) is 18.7 Å². The lowest BCUT2D eigenvalue weighted by molar-refractivity contribution is -0.142. The normalized spacial score (nSPS) is 17.2. The van der Waals surface area contributed by atoms with Crippen LogP contribution in [0.25, 0.3) is 0 Å². The Morgan fingerprint density at radius 1 is 1.13 bits per heavy atom. The number of carbonyl (C=O) groups excluding carboxylic acids is 2. The van der Waals surface area contributed by atoms with Crippen LogP contribution in [0.15, 0.2) is 36.4 Å². The molecule has 23 heavy (non-hydrogen) atoms. The molecule has 1 unspecified atom stereocenters. The quantitative estimate of drug-likeness (QED) is 0.645. The molecule has 0 saturated heterocycles. The van der Waals surface area contributed by atoms with E-state index < -0.39 is 0 Å². The zero-order chi connectivity index (χ0) is 16.4. The van der Waals surface area contributed by atoms with Crippen molar-refractivity contribution in [2.24, 2.45) is 0 Å². The van der Waals surface area contributed by atoms with Crippen LogP contribution in [0.2, 0.25) is 0 Å². The van der Waals surface area contributed by atoms with Crippen LogP contribution in [0.3, 0.4) is 0 Å². The van der Waals surface area contributed by atoms with Crippen LogP contribution in [0.5, 0.6) is 0 Å². The second-order valence-electron chi connectivity index (χ2n) is 5.70. The molecule has 5 heteroatoms. The van der Waals surface area contributed by atoms with Gasteiger partial charge in [-0.3, -0.25) is 9.59 Å². The molecule has 0 amide bonds. The Morgan fingerprint density at radius 2 is 1.87 bits per heavy atom. The summed E-state index contributed by atoms with van der Waals surface area (Å²) in [5.74, 6) is -1.15. The largest absolute Gasteiger partial charge is 0.469 e. The Balaban J connectivity index is 1.99. The van der Waals surface area contributed by atoms with Crippen molar-refractivity contribution in [2.45, 2.75) is 31.7 Å². The molecule has 1 aliphatic heterocycles. The first-order valence-corrected chi connectivity index (χ1v) is 7.69. The van der Waals surface area contributed by atoms with Gasteiger partial charge in [0.15, 0.2) is 0 Å². The molecule has 0 N–H and O–H groups in total. The molecule has 0 saturated carbocycles. The average molecular weight is 315 g/mol. The second-order valence-corrected chi connectivity index (χ2v) is 5.70. The molecule has 0 fully saturated rings. The summed E-state index contributed by atoms with van der Waals surface area (Å²) in [7, 11) is 1.38. The van der Waals surface area contributed by atoms with Gasteiger partial charge in [0.2, 0.25) is 5.78 Å². The highest BCUT2D eigenvalue weighted by Crippen LogP contribution is 2.30. The van der Waals surface area contributed by atoms with Crippen LogP contribution in [0.4, 0.5) is 4.39 Å². The molecule has 0 spiro atoms. The Bertz CT molecular complexity index is 733. The Labute approximate surface area is 133 Å². The molecule has 4 nitrogen and oxygen atoms in total. The fourth-order valence-electron chi connectivity index (χ4n) is 3.13. The molecule has 0 bridgehead atoms. The minimum atomic E-state index is -0.374. The molecular formula is C18H18FNO3. The molecule has 3 rings (SSSR count). The van der Waals surface area contributed by atoms with Crippen molar-refractivity contribution in [2.75, 3.05) is 7.11 Å². The summed E-state index contributed by atoms with van der Waals surface area (Å²) < 4.78 is 19.8. The van der Waals surface area contributed by atoms with Gasteiger partial charge >= 0.3 is 5.97 Å². The molecular weight excluding hydrogens is 297 g/mol. The fourth-order valence-corrected chi connectivity index (χ4v) is 3.13. The molecule has 0 radical (unpaired) electrons. The van der Waals surface area contributed by atoms with Crippen LogP contribution in [0.1, 0.15) is 46.9 Å². The number of ketones is 1. The van der Waals surface area contributed by atoms with E-state index in [0.29, 0.717) is 17.8 Å². The Morgan fingerprint density at radius 3 is 2.57 bits per heavy atom. The predicted molar refractivity (Wildman–Crippen MR) is 82.9 cm³/mol. The van der Waals surface area contributed by atoms with Gasteiger partial charge in [-0.2, -0.15) is 0 Å². The SMILES string of the molecule is COC(=O)C1CCCCn2c(C(=O)c3ccc(F)cc3)ccc21. The molecule has 120 valence electrons. The van der Waals surface area contributed by atoms with Gasteiger partial charge < -0.3 is 9.30 Å². The van der Waals surface area contributed by atoms with Crippen LogP contribution in [-0.2, 0) is 16.1 Å². The van der Waals surface area contributed by atoms with E-state index in [0.717, 1.165) is 25.0 Å². The maximum Gasteiger partial charge on any atom is 0.314 e. The van der Waals surface area contributed by atoms with E-state index in [-0.39, 0.29) is 23.5 Å². The number of ether oxygens (including phenoxy) is 1. The first kappa shape index (κ1) is 15.5. The van der Waals surface area contributed by atoms with Gasteiger partial charge in [0.25, 0.3) is 0 Å². The zero-order valence-corrected chi connectivity index (χ0v) is 12.9. The van der Waals surface area contributed by atoms with Gasteiger partial charge in [0.1, 0.15) is 5.82 Å². The number of aromatic nitrogens is 1. The summed E-state index contributed by atoms with van der Waals surface area (Å²) in [5.41, 5.74) is 1.79. The fraction of sp³-hybridized carbons (Fsp3) is 0.333. The van der Waals surface area contributed by atoms with Gasteiger partial charge in [-0.25, -0.2) is 4.39 Å². The van der Waals surface area contributed by atoms with E-state index in [1.807, 2.05) is 10.6 Å². The Kier molecular flexibility index (Phi) is 4.28. The van der Waals surface area contributed by atoms with E-state index in [1.165, 1.54) is 31.4 Å². The van der Waals surface area contributed by atoms with E-state index in [4.69, 9.17) is 4.74 Å². The molecule has 0 aliphatic carbocycles. The predicted octanol–water partition coefficient (Wildman–Crippen LogP) is 3.30. The lowest BCUT2D eigenvalue weighted by atomic mass is 10.00. The highest BCUT2D eigenvalue weighted by Gasteiger charge is 2.29. The maximum absolute atomic E-state index is 13.0. The lowest BCUT2D eigenvalue weighted by Gasteiger charge is -2.15. The van der Waals surface area contributed by atoms with Gasteiger partial charge in [-0.15, -0.1) is 0 Å². The minimum absolute atomic E-state index is 0.165. The maximum atomic E-state index is 13.0. The van der Waals surface area contributed by atoms with Gasteiger partial charge in [-0.05, 0) is 49.2 Å². The highest BCUT2D eigenvalue weighted by molar-refractivity contribution is 6.08. The van der Waals surface area contributed by atoms with Crippen LogP contribution in [-0.4, -0.2) is 23.4 Å². The van der Waals surface area contributed by atoms with E-state index in [2.05, 4.69) is 0 Å². The van der Waals surface area contributed by atoms with E-state index in [1.54, 1.807) is 6.07 Å². The summed E-state index contributed by atoms with van der Waals surface area (Å²) in [4.78, 5) is 24.7. The van der Waals surface area contributed by atoms with Crippen molar-refractivity contribution in [3.8, 4) is 0 Å². The molecule has 1 aromatic heterocycles. The molecule has 1 aromatic carbocycles. The van der Waals surface area contributed by atoms with E-state index >= 15 is 0 Å². The summed E-state index contributed by atoms with van der Waals surface area (Å²) in [6.07, 6.45) is 2.53. The van der Waals surface area contributed by atoms with Crippen LogP contribution in [0, 0.1) is 5.82 Å². The molecule has 2 aromatic rings. The number of methoxy groups -OCH3 is 1. The van der Waals surface area contributed by atoms with Crippen LogP contribution < -0.4 is 0 Å². The number of rotatable bonds is 3. The highest BCUT2D eigenvalue weighted by atomic mass is 19.1. The zero-order valence-electron chi connectivity index (χ0n) is 12.9. The van der Waals surface area contributed by atoms with E-state index in [9.17, 15) is 14.0 Å². The van der Waals surface area contributed by atoms with Crippen molar-refractivity contribution < 1.29 is 18.7 Å². The summed E-state index contributed by atoms with van der Waals surface area (Å²) >= 11 is 0. The molecule has 2 heterocycles. The number of hydrogen-bond acceptors (Lipinski definition) is 3.